The summed E-state index contributed by atoms with van der Waals surface area (Å²) >= 11 is 1.78. The van der Waals surface area contributed by atoms with Crippen LogP contribution in [0.5, 0.6) is 0 Å². The summed E-state index contributed by atoms with van der Waals surface area (Å²) in [6, 6.07) is 8.68. The van der Waals surface area contributed by atoms with E-state index in [4.69, 9.17) is 0 Å². The van der Waals surface area contributed by atoms with Crippen LogP contribution in [0.3, 0.4) is 0 Å². The zero-order valence-corrected chi connectivity index (χ0v) is 13.4. The molecule has 0 N–H and O–H groups in total. The van der Waals surface area contributed by atoms with Gasteiger partial charge in [0.25, 0.3) is 0 Å². The maximum absolute atomic E-state index is 2.57. The molecule has 1 nitrogen and oxygen atoms in total. The smallest absolute Gasteiger partial charge is 0.00695 e. The van der Waals surface area contributed by atoms with E-state index in [0.717, 1.165) is 12.3 Å². The number of hydrogen-bond donors (Lipinski definition) is 0. The zero-order valence-electron chi connectivity index (χ0n) is 12.6. The number of rotatable bonds is 6. The maximum Gasteiger partial charge on any atom is 0.00695 e. The second-order valence-corrected chi connectivity index (χ2v) is 6.42. The zero-order chi connectivity index (χ0) is 14.2. The molecule has 0 saturated carbocycles. The largest absolute Gasteiger partial charge is 0.303 e. The molecule has 20 heavy (non-hydrogen) atoms. The minimum absolute atomic E-state index is 0.892. The topological polar surface area (TPSA) is 3.24 Å². The van der Waals surface area contributed by atoms with Gasteiger partial charge in [0.1, 0.15) is 0 Å². The van der Waals surface area contributed by atoms with E-state index in [1.165, 1.54) is 36.5 Å². The van der Waals surface area contributed by atoms with Crippen molar-refractivity contribution < 1.29 is 0 Å². The van der Waals surface area contributed by atoms with Gasteiger partial charge in [-0.1, -0.05) is 43.4 Å². The van der Waals surface area contributed by atoms with Crippen molar-refractivity contribution in [3.8, 4) is 0 Å². The minimum atomic E-state index is 0.892. The van der Waals surface area contributed by atoms with Crippen molar-refractivity contribution in [1.82, 2.24) is 4.90 Å². The summed E-state index contributed by atoms with van der Waals surface area (Å²) in [7, 11) is 0. The van der Waals surface area contributed by atoms with E-state index in [9.17, 15) is 0 Å². The van der Waals surface area contributed by atoms with Crippen LogP contribution in [-0.2, 0) is 0 Å². The van der Waals surface area contributed by atoms with Gasteiger partial charge in [-0.05, 0) is 49.3 Å². The first-order valence-electron chi connectivity index (χ1n) is 7.47. The molecule has 1 aliphatic heterocycles. The Morgan fingerprint density at radius 3 is 2.70 bits per heavy atom. The quantitative estimate of drug-likeness (QED) is 0.550. The van der Waals surface area contributed by atoms with Crippen LogP contribution in [0.1, 0.15) is 25.3 Å². The SMILES string of the molecule is CSc1ccc(/C=C/C=C/CCN2CCC(C)C2)cc1. The van der Waals surface area contributed by atoms with Gasteiger partial charge >= 0.3 is 0 Å². The molecular formula is C18H25NS. The number of benzene rings is 1. The molecule has 0 amide bonds. The van der Waals surface area contributed by atoms with E-state index in [-0.39, 0.29) is 0 Å². The monoisotopic (exact) mass is 287 g/mol. The molecule has 0 radical (unpaired) electrons. The van der Waals surface area contributed by atoms with E-state index < -0.39 is 0 Å². The molecule has 1 aromatic carbocycles. The maximum atomic E-state index is 2.57. The van der Waals surface area contributed by atoms with Crippen molar-refractivity contribution >= 4 is 17.8 Å². The molecule has 1 aromatic rings. The standard InChI is InChI=1S/C18H25NS/c1-16-12-14-19(15-16)13-6-4-3-5-7-17-8-10-18(20-2)11-9-17/h3-5,7-11,16H,6,12-15H2,1-2H3/b4-3+,7-5+. The number of allylic oxidation sites excluding steroid dienone is 2. The predicted molar refractivity (Wildman–Crippen MR) is 91.2 cm³/mol. The molecular weight excluding hydrogens is 262 g/mol. The van der Waals surface area contributed by atoms with Crippen LogP contribution in [-0.4, -0.2) is 30.8 Å². The molecule has 0 aliphatic carbocycles. The summed E-state index contributed by atoms with van der Waals surface area (Å²) in [6.45, 7) is 6.12. The first kappa shape index (κ1) is 15.4. The molecule has 1 fully saturated rings. The number of likely N-dealkylation sites (tertiary alicyclic amines) is 1. The second-order valence-electron chi connectivity index (χ2n) is 5.54. The van der Waals surface area contributed by atoms with E-state index >= 15 is 0 Å². The molecule has 0 spiro atoms. The van der Waals surface area contributed by atoms with Crippen molar-refractivity contribution in [2.75, 3.05) is 25.9 Å². The lowest BCUT2D eigenvalue weighted by Crippen LogP contribution is -2.20. The van der Waals surface area contributed by atoms with Gasteiger partial charge in [0.05, 0.1) is 0 Å². The number of nitrogens with zero attached hydrogens (tertiary/aromatic N) is 1. The van der Waals surface area contributed by atoms with Crippen LogP contribution in [0.4, 0.5) is 0 Å². The highest BCUT2D eigenvalue weighted by Crippen LogP contribution is 2.16. The molecule has 1 heterocycles. The lowest BCUT2D eigenvalue weighted by Gasteiger charge is -2.12. The fourth-order valence-electron chi connectivity index (χ4n) is 2.54. The van der Waals surface area contributed by atoms with Crippen LogP contribution in [0.25, 0.3) is 6.08 Å². The Hall–Kier alpha value is -0.990. The Morgan fingerprint density at radius 2 is 2.05 bits per heavy atom. The summed E-state index contributed by atoms with van der Waals surface area (Å²) < 4.78 is 0. The van der Waals surface area contributed by atoms with Gasteiger partial charge < -0.3 is 4.90 Å². The second kappa shape index (κ2) is 8.33. The molecule has 1 aliphatic rings. The molecule has 2 rings (SSSR count). The molecule has 1 atom stereocenters. The predicted octanol–water partition coefficient (Wildman–Crippen LogP) is 4.71. The fraction of sp³-hybridized carbons (Fsp3) is 0.444. The Labute approximate surface area is 127 Å². The number of thioether (sulfide) groups is 1. The molecule has 108 valence electrons. The third kappa shape index (κ3) is 5.18. The van der Waals surface area contributed by atoms with Crippen molar-refractivity contribution in [2.24, 2.45) is 5.92 Å². The first-order valence-corrected chi connectivity index (χ1v) is 8.70. The van der Waals surface area contributed by atoms with Gasteiger partial charge in [-0.25, -0.2) is 0 Å². The third-order valence-electron chi connectivity index (χ3n) is 3.77. The van der Waals surface area contributed by atoms with Crippen molar-refractivity contribution in [3.63, 3.8) is 0 Å². The van der Waals surface area contributed by atoms with Gasteiger partial charge in [0.2, 0.25) is 0 Å². The first-order chi connectivity index (χ1) is 9.78. The van der Waals surface area contributed by atoms with Gasteiger partial charge in [-0.2, -0.15) is 0 Å². The molecule has 2 heteroatoms. The van der Waals surface area contributed by atoms with Crippen LogP contribution in [0.2, 0.25) is 0 Å². The van der Waals surface area contributed by atoms with E-state index in [1.54, 1.807) is 11.8 Å². The van der Waals surface area contributed by atoms with Crippen molar-refractivity contribution in [1.29, 1.82) is 0 Å². The van der Waals surface area contributed by atoms with Crippen LogP contribution in [0, 0.1) is 5.92 Å². The van der Waals surface area contributed by atoms with Crippen molar-refractivity contribution in [2.45, 2.75) is 24.7 Å². The summed E-state index contributed by atoms with van der Waals surface area (Å²) in [4.78, 5) is 3.89. The normalized spacial score (nSPS) is 20.4. The summed E-state index contributed by atoms with van der Waals surface area (Å²) in [6.07, 6.45) is 13.4. The van der Waals surface area contributed by atoms with Crippen LogP contribution < -0.4 is 0 Å². The molecule has 1 unspecified atom stereocenters. The number of hydrogen-bond acceptors (Lipinski definition) is 2. The average Bonchev–Trinajstić information content (AvgIpc) is 2.89. The Kier molecular flexibility index (Phi) is 6.41. The van der Waals surface area contributed by atoms with Crippen LogP contribution in [0.15, 0.2) is 47.4 Å². The molecule has 1 saturated heterocycles. The van der Waals surface area contributed by atoms with Crippen LogP contribution >= 0.6 is 11.8 Å². The highest BCUT2D eigenvalue weighted by Gasteiger charge is 2.16. The molecule has 0 bridgehead atoms. The summed E-state index contributed by atoms with van der Waals surface area (Å²) in [5.74, 6) is 0.892. The Morgan fingerprint density at radius 1 is 1.25 bits per heavy atom. The summed E-state index contributed by atoms with van der Waals surface area (Å²) in [5, 5.41) is 0. The Bertz CT molecular complexity index is 447. The van der Waals surface area contributed by atoms with Gasteiger partial charge in [0, 0.05) is 18.0 Å². The lowest BCUT2D eigenvalue weighted by atomic mass is 10.2. The average molecular weight is 287 g/mol. The van der Waals surface area contributed by atoms with E-state index in [2.05, 4.69) is 66.6 Å². The van der Waals surface area contributed by atoms with Gasteiger partial charge in [-0.3, -0.25) is 0 Å². The Balaban J connectivity index is 1.68. The summed E-state index contributed by atoms with van der Waals surface area (Å²) in [5.41, 5.74) is 1.26. The highest BCUT2D eigenvalue weighted by molar-refractivity contribution is 7.98. The van der Waals surface area contributed by atoms with E-state index in [1.807, 2.05) is 0 Å². The van der Waals surface area contributed by atoms with Gasteiger partial charge in [-0.15, -0.1) is 11.8 Å². The minimum Gasteiger partial charge on any atom is -0.303 e. The van der Waals surface area contributed by atoms with Crippen molar-refractivity contribution in [3.05, 3.63) is 48.1 Å². The highest BCUT2D eigenvalue weighted by atomic mass is 32.2. The third-order valence-corrected chi connectivity index (χ3v) is 4.52. The molecule has 0 aromatic heterocycles. The lowest BCUT2D eigenvalue weighted by molar-refractivity contribution is 0.334. The van der Waals surface area contributed by atoms with E-state index in [0.29, 0.717) is 0 Å². The fourth-order valence-corrected chi connectivity index (χ4v) is 2.95. The van der Waals surface area contributed by atoms with Gasteiger partial charge in [0.15, 0.2) is 0 Å².